The molecular formula is C16H23NO3S. The van der Waals surface area contributed by atoms with Crippen molar-refractivity contribution in [1.82, 2.24) is 4.31 Å². The van der Waals surface area contributed by atoms with Gasteiger partial charge < -0.3 is 5.11 Å². The van der Waals surface area contributed by atoms with Crippen LogP contribution in [-0.4, -0.2) is 38.0 Å². The van der Waals surface area contributed by atoms with Crippen molar-refractivity contribution < 1.29 is 13.5 Å². The van der Waals surface area contributed by atoms with Crippen LogP contribution in [0.4, 0.5) is 0 Å². The molecule has 0 aliphatic heterocycles. The normalized spacial score (nSPS) is 12.8. The maximum absolute atomic E-state index is 12.6. The average Bonchev–Trinajstić information content (AvgIpc) is 2.47. The molecule has 1 unspecified atom stereocenters. The van der Waals surface area contributed by atoms with E-state index in [0.717, 1.165) is 6.42 Å². The van der Waals surface area contributed by atoms with Crippen LogP contribution in [0.1, 0.15) is 32.3 Å². The van der Waals surface area contributed by atoms with Gasteiger partial charge in [0.05, 0.1) is 11.5 Å². The zero-order valence-electron chi connectivity index (χ0n) is 12.8. The summed E-state index contributed by atoms with van der Waals surface area (Å²) < 4.78 is 26.7. The quantitative estimate of drug-likeness (QED) is 0.819. The molecule has 1 aromatic rings. The van der Waals surface area contributed by atoms with Crippen LogP contribution in [0.25, 0.3) is 0 Å². The largest absolute Gasteiger partial charge is 0.395 e. The Labute approximate surface area is 127 Å². The molecule has 0 spiro atoms. The minimum atomic E-state index is -3.54. The highest BCUT2D eigenvalue weighted by Crippen LogP contribution is 2.20. The first-order chi connectivity index (χ1) is 9.93. The van der Waals surface area contributed by atoms with E-state index in [4.69, 9.17) is 5.11 Å². The van der Waals surface area contributed by atoms with E-state index >= 15 is 0 Å². The number of hydrogen-bond donors (Lipinski definition) is 1. The Bertz CT molecular complexity index is 614. The van der Waals surface area contributed by atoms with Crippen molar-refractivity contribution in [2.24, 2.45) is 5.92 Å². The summed E-state index contributed by atoms with van der Waals surface area (Å²) in [4.78, 5) is 0.223. The number of hydrogen-bond acceptors (Lipinski definition) is 3. The van der Waals surface area contributed by atoms with Crippen molar-refractivity contribution >= 4 is 10.0 Å². The van der Waals surface area contributed by atoms with Gasteiger partial charge in [0.2, 0.25) is 10.0 Å². The number of benzene rings is 1. The minimum Gasteiger partial charge on any atom is -0.395 e. The Hall–Kier alpha value is -1.35. The predicted molar refractivity (Wildman–Crippen MR) is 84.3 cm³/mol. The van der Waals surface area contributed by atoms with Gasteiger partial charge in [-0.15, -0.1) is 0 Å². The van der Waals surface area contributed by atoms with E-state index in [0.29, 0.717) is 24.4 Å². The SMILES string of the molecule is CCC(C)CN(C)S(=O)(=O)c1ccccc1C#CCCO. The van der Waals surface area contributed by atoms with Crippen molar-refractivity contribution in [1.29, 1.82) is 0 Å². The van der Waals surface area contributed by atoms with Crippen LogP contribution in [0.15, 0.2) is 29.2 Å². The second-order valence-corrected chi connectivity index (χ2v) is 7.08. The van der Waals surface area contributed by atoms with Crippen molar-refractivity contribution in [2.75, 3.05) is 20.2 Å². The average molecular weight is 309 g/mol. The molecule has 4 nitrogen and oxygen atoms in total. The van der Waals surface area contributed by atoms with Gasteiger partial charge in [-0.1, -0.05) is 44.2 Å². The molecule has 1 aromatic carbocycles. The highest BCUT2D eigenvalue weighted by molar-refractivity contribution is 7.89. The second kappa shape index (κ2) is 8.18. The van der Waals surface area contributed by atoms with Crippen LogP contribution in [0.2, 0.25) is 0 Å². The van der Waals surface area contributed by atoms with E-state index in [2.05, 4.69) is 11.8 Å². The molecule has 116 valence electrons. The Balaban J connectivity index is 3.12. The van der Waals surface area contributed by atoms with Crippen molar-refractivity contribution in [2.45, 2.75) is 31.6 Å². The smallest absolute Gasteiger partial charge is 0.244 e. The van der Waals surface area contributed by atoms with Gasteiger partial charge in [0.25, 0.3) is 0 Å². The number of nitrogens with zero attached hydrogens (tertiary/aromatic N) is 1. The molecule has 0 aromatic heterocycles. The van der Waals surface area contributed by atoms with Crippen LogP contribution < -0.4 is 0 Å². The molecule has 0 aliphatic carbocycles. The highest BCUT2D eigenvalue weighted by Gasteiger charge is 2.24. The predicted octanol–water partition coefficient (Wildman–Crippen LogP) is 2.09. The molecule has 0 bridgehead atoms. The summed E-state index contributed by atoms with van der Waals surface area (Å²) >= 11 is 0. The zero-order valence-corrected chi connectivity index (χ0v) is 13.7. The maximum Gasteiger partial charge on any atom is 0.244 e. The molecule has 0 radical (unpaired) electrons. The van der Waals surface area contributed by atoms with E-state index in [9.17, 15) is 8.42 Å². The van der Waals surface area contributed by atoms with Gasteiger partial charge in [-0.2, -0.15) is 0 Å². The highest BCUT2D eigenvalue weighted by atomic mass is 32.2. The van der Waals surface area contributed by atoms with Crippen LogP contribution in [0.3, 0.4) is 0 Å². The Kier molecular flexibility index (Phi) is 6.90. The van der Waals surface area contributed by atoms with Crippen molar-refractivity contribution in [3.05, 3.63) is 29.8 Å². The molecule has 1 N–H and O–H groups in total. The number of rotatable bonds is 6. The summed E-state index contributed by atoms with van der Waals surface area (Å²) in [5, 5.41) is 8.76. The van der Waals surface area contributed by atoms with Crippen LogP contribution >= 0.6 is 0 Å². The van der Waals surface area contributed by atoms with Gasteiger partial charge in [0.15, 0.2) is 0 Å². The van der Waals surface area contributed by atoms with Gasteiger partial charge in [0, 0.05) is 25.6 Å². The molecule has 1 rings (SSSR count). The molecule has 0 saturated carbocycles. The fraction of sp³-hybridized carbons (Fsp3) is 0.500. The van der Waals surface area contributed by atoms with Gasteiger partial charge in [-0.3, -0.25) is 0 Å². The molecule has 5 heteroatoms. The van der Waals surface area contributed by atoms with Gasteiger partial charge in [0.1, 0.15) is 0 Å². The van der Waals surface area contributed by atoms with E-state index in [1.54, 1.807) is 31.3 Å². The Morgan fingerprint density at radius 1 is 1.33 bits per heavy atom. The Morgan fingerprint density at radius 3 is 2.62 bits per heavy atom. The van der Waals surface area contributed by atoms with Crippen LogP contribution in [0.5, 0.6) is 0 Å². The lowest BCUT2D eigenvalue weighted by atomic mass is 10.1. The summed E-state index contributed by atoms with van der Waals surface area (Å²) in [7, 11) is -1.95. The summed E-state index contributed by atoms with van der Waals surface area (Å²) in [6.45, 7) is 4.52. The lowest BCUT2D eigenvalue weighted by Gasteiger charge is -2.21. The molecule has 0 fully saturated rings. The van der Waals surface area contributed by atoms with Crippen LogP contribution in [0, 0.1) is 17.8 Å². The third-order valence-electron chi connectivity index (χ3n) is 3.30. The monoisotopic (exact) mass is 309 g/mol. The van der Waals surface area contributed by atoms with E-state index < -0.39 is 10.0 Å². The topological polar surface area (TPSA) is 57.6 Å². The lowest BCUT2D eigenvalue weighted by Crippen LogP contribution is -2.31. The third kappa shape index (κ3) is 4.85. The molecule has 0 heterocycles. The van der Waals surface area contributed by atoms with E-state index in [1.807, 2.05) is 13.8 Å². The Morgan fingerprint density at radius 2 is 2.00 bits per heavy atom. The zero-order chi connectivity index (χ0) is 15.9. The van der Waals surface area contributed by atoms with Crippen molar-refractivity contribution in [3.8, 4) is 11.8 Å². The molecule has 1 atom stereocenters. The summed E-state index contributed by atoms with van der Waals surface area (Å²) in [5.74, 6) is 5.90. The second-order valence-electron chi connectivity index (χ2n) is 5.07. The summed E-state index contributed by atoms with van der Waals surface area (Å²) in [6.07, 6.45) is 1.26. The summed E-state index contributed by atoms with van der Waals surface area (Å²) in [6, 6.07) is 6.72. The molecular weight excluding hydrogens is 286 g/mol. The third-order valence-corrected chi connectivity index (χ3v) is 5.18. The molecule has 21 heavy (non-hydrogen) atoms. The van der Waals surface area contributed by atoms with Gasteiger partial charge in [-0.25, -0.2) is 12.7 Å². The van der Waals surface area contributed by atoms with E-state index in [1.165, 1.54) is 4.31 Å². The van der Waals surface area contributed by atoms with Gasteiger partial charge >= 0.3 is 0 Å². The first-order valence-electron chi connectivity index (χ1n) is 7.08. The first-order valence-corrected chi connectivity index (χ1v) is 8.52. The molecule has 0 amide bonds. The van der Waals surface area contributed by atoms with Crippen molar-refractivity contribution in [3.63, 3.8) is 0 Å². The molecule has 0 saturated heterocycles. The maximum atomic E-state index is 12.6. The van der Waals surface area contributed by atoms with E-state index in [-0.39, 0.29) is 11.5 Å². The lowest BCUT2D eigenvalue weighted by molar-refractivity contribution is 0.305. The summed E-state index contributed by atoms with van der Waals surface area (Å²) in [5.41, 5.74) is 0.474. The first kappa shape index (κ1) is 17.7. The number of sulfonamides is 1. The minimum absolute atomic E-state index is 0.0319. The van der Waals surface area contributed by atoms with Gasteiger partial charge in [-0.05, 0) is 18.1 Å². The fourth-order valence-electron chi connectivity index (χ4n) is 1.84. The van der Waals surface area contributed by atoms with Crippen LogP contribution in [-0.2, 0) is 10.0 Å². The number of aliphatic hydroxyl groups excluding tert-OH is 1. The molecule has 0 aliphatic rings. The number of aliphatic hydroxyl groups is 1. The fourth-order valence-corrected chi connectivity index (χ4v) is 3.28. The standard InChI is InChI=1S/C16H23NO3S/c1-4-14(2)13-17(3)21(19,20)16-11-6-5-9-15(16)10-7-8-12-18/h5-6,9,11,14,18H,4,8,12-13H2,1-3H3.